The Morgan fingerprint density at radius 2 is 2.00 bits per heavy atom. The van der Waals surface area contributed by atoms with Crippen LogP contribution in [-0.2, 0) is 12.0 Å². The number of rotatable bonds is 2. The SMILES string of the molecule is CC(C)(C)c1c(N)nnn1CC(F)F. The molecule has 0 aliphatic heterocycles. The molecule has 0 aliphatic carbocycles. The van der Waals surface area contributed by atoms with E-state index < -0.39 is 13.0 Å². The van der Waals surface area contributed by atoms with Crippen LogP contribution in [0.25, 0.3) is 0 Å². The van der Waals surface area contributed by atoms with Crippen molar-refractivity contribution in [3.63, 3.8) is 0 Å². The lowest BCUT2D eigenvalue weighted by atomic mass is 9.92. The molecule has 0 fully saturated rings. The summed E-state index contributed by atoms with van der Waals surface area (Å²) >= 11 is 0. The number of aromatic nitrogens is 3. The van der Waals surface area contributed by atoms with Crippen LogP contribution in [-0.4, -0.2) is 21.4 Å². The zero-order valence-electron chi connectivity index (χ0n) is 8.46. The first-order valence-electron chi connectivity index (χ1n) is 4.30. The largest absolute Gasteiger partial charge is 0.381 e. The number of nitrogens with zero attached hydrogens (tertiary/aromatic N) is 3. The van der Waals surface area contributed by atoms with Crippen molar-refractivity contribution in [3.8, 4) is 0 Å². The number of alkyl halides is 2. The first-order valence-corrected chi connectivity index (χ1v) is 4.30. The van der Waals surface area contributed by atoms with Crippen molar-refractivity contribution in [2.75, 3.05) is 5.73 Å². The van der Waals surface area contributed by atoms with Gasteiger partial charge in [-0.2, -0.15) is 0 Å². The van der Waals surface area contributed by atoms with Crippen LogP contribution in [0.4, 0.5) is 14.6 Å². The number of halogens is 2. The third kappa shape index (κ3) is 2.18. The third-order valence-corrected chi connectivity index (χ3v) is 1.78. The van der Waals surface area contributed by atoms with E-state index in [1.54, 1.807) is 0 Å². The molecule has 1 rings (SSSR count). The van der Waals surface area contributed by atoms with Gasteiger partial charge >= 0.3 is 0 Å². The molecule has 6 heteroatoms. The molecule has 1 aromatic rings. The Morgan fingerprint density at radius 3 is 2.43 bits per heavy atom. The molecule has 0 aromatic carbocycles. The van der Waals surface area contributed by atoms with Crippen LogP contribution < -0.4 is 5.73 Å². The van der Waals surface area contributed by atoms with Gasteiger partial charge in [-0.25, -0.2) is 13.5 Å². The normalized spacial score (nSPS) is 12.4. The topological polar surface area (TPSA) is 56.7 Å². The molecule has 0 spiro atoms. The highest BCUT2D eigenvalue weighted by Gasteiger charge is 2.25. The van der Waals surface area contributed by atoms with Crippen LogP contribution in [0.3, 0.4) is 0 Å². The minimum Gasteiger partial charge on any atom is -0.381 e. The molecule has 14 heavy (non-hydrogen) atoms. The van der Waals surface area contributed by atoms with E-state index in [0.29, 0.717) is 5.69 Å². The second kappa shape index (κ2) is 3.51. The molecule has 1 aromatic heterocycles. The van der Waals surface area contributed by atoms with Crippen LogP contribution >= 0.6 is 0 Å². The summed E-state index contributed by atoms with van der Waals surface area (Å²) in [7, 11) is 0. The Morgan fingerprint density at radius 1 is 1.43 bits per heavy atom. The number of hydrogen-bond acceptors (Lipinski definition) is 3. The predicted octanol–water partition coefficient (Wildman–Crippen LogP) is 1.42. The number of hydrogen-bond donors (Lipinski definition) is 1. The van der Waals surface area contributed by atoms with Crippen molar-refractivity contribution >= 4 is 5.82 Å². The lowest BCUT2D eigenvalue weighted by molar-refractivity contribution is 0.118. The first kappa shape index (κ1) is 10.9. The van der Waals surface area contributed by atoms with E-state index in [2.05, 4.69) is 10.3 Å². The summed E-state index contributed by atoms with van der Waals surface area (Å²) in [5.74, 6) is 0.221. The maximum atomic E-state index is 12.2. The highest BCUT2D eigenvalue weighted by molar-refractivity contribution is 5.37. The van der Waals surface area contributed by atoms with Gasteiger partial charge in [0.2, 0.25) is 0 Å². The smallest absolute Gasteiger partial charge is 0.257 e. The summed E-state index contributed by atoms with van der Waals surface area (Å²) < 4.78 is 25.5. The molecule has 0 saturated carbocycles. The summed E-state index contributed by atoms with van der Waals surface area (Å²) in [6, 6.07) is 0. The molecule has 0 unspecified atom stereocenters. The van der Waals surface area contributed by atoms with Crippen molar-refractivity contribution in [2.24, 2.45) is 0 Å². The average molecular weight is 204 g/mol. The van der Waals surface area contributed by atoms with Crippen LogP contribution in [0.2, 0.25) is 0 Å². The van der Waals surface area contributed by atoms with Crippen LogP contribution in [0, 0.1) is 0 Å². The highest BCUT2D eigenvalue weighted by atomic mass is 19.3. The van der Waals surface area contributed by atoms with Crippen molar-refractivity contribution < 1.29 is 8.78 Å². The Labute approximate surface area is 81.1 Å². The standard InChI is InChI=1S/C8H14F2N4/c1-8(2,3)6-7(11)12-13-14(6)4-5(9)10/h5H,4,11H2,1-3H3. The van der Waals surface area contributed by atoms with Crippen LogP contribution in [0.1, 0.15) is 26.5 Å². The fraction of sp³-hybridized carbons (Fsp3) is 0.750. The van der Waals surface area contributed by atoms with Crippen LogP contribution in [0.5, 0.6) is 0 Å². The monoisotopic (exact) mass is 204 g/mol. The summed E-state index contributed by atoms with van der Waals surface area (Å²) in [6.07, 6.45) is -2.45. The number of nitrogen functional groups attached to an aromatic ring is 1. The van der Waals surface area contributed by atoms with Gasteiger partial charge in [0, 0.05) is 5.41 Å². The van der Waals surface area contributed by atoms with E-state index in [0.717, 1.165) is 0 Å². The number of nitrogens with two attached hydrogens (primary N) is 1. The summed E-state index contributed by atoms with van der Waals surface area (Å²) in [5.41, 5.74) is 5.79. The molecule has 2 N–H and O–H groups in total. The minimum absolute atomic E-state index is 0.221. The van der Waals surface area contributed by atoms with Gasteiger partial charge < -0.3 is 5.73 Å². The van der Waals surface area contributed by atoms with Crippen molar-refractivity contribution in [1.82, 2.24) is 15.0 Å². The minimum atomic E-state index is -2.45. The van der Waals surface area contributed by atoms with Gasteiger partial charge in [0.1, 0.15) is 6.54 Å². The van der Waals surface area contributed by atoms with Crippen molar-refractivity contribution in [3.05, 3.63) is 5.69 Å². The number of anilines is 1. The maximum Gasteiger partial charge on any atom is 0.257 e. The Kier molecular flexibility index (Phi) is 2.73. The highest BCUT2D eigenvalue weighted by Crippen LogP contribution is 2.26. The van der Waals surface area contributed by atoms with Crippen LogP contribution in [0.15, 0.2) is 0 Å². The van der Waals surface area contributed by atoms with Gasteiger partial charge in [0.25, 0.3) is 6.43 Å². The molecule has 80 valence electrons. The quantitative estimate of drug-likeness (QED) is 0.792. The van der Waals surface area contributed by atoms with E-state index in [1.165, 1.54) is 4.68 Å². The zero-order valence-corrected chi connectivity index (χ0v) is 8.46. The predicted molar refractivity (Wildman–Crippen MR) is 49.1 cm³/mol. The molecule has 0 bridgehead atoms. The van der Waals surface area contributed by atoms with E-state index in [9.17, 15) is 8.78 Å². The van der Waals surface area contributed by atoms with E-state index in [4.69, 9.17) is 5.73 Å². The van der Waals surface area contributed by atoms with E-state index in [1.807, 2.05) is 20.8 Å². The molecule has 0 radical (unpaired) electrons. The summed E-state index contributed by atoms with van der Waals surface area (Å²) in [4.78, 5) is 0. The molecule has 0 aliphatic rings. The van der Waals surface area contributed by atoms with Crippen molar-refractivity contribution in [1.29, 1.82) is 0 Å². The second-order valence-corrected chi connectivity index (χ2v) is 4.15. The Hall–Kier alpha value is -1.20. The van der Waals surface area contributed by atoms with E-state index in [-0.39, 0.29) is 11.2 Å². The fourth-order valence-corrected chi connectivity index (χ4v) is 1.36. The summed E-state index contributed by atoms with van der Waals surface area (Å²) in [6.45, 7) is 5.18. The van der Waals surface area contributed by atoms with Crippen molar-refractivity contribution in [2.45, 2.75) is 39.2 Å². The molecule has 0 amide bonds. The van der Waals surface area contributed by atoms with Gasteiger partial charge in [-0.1, -0.05) is 26.0 Å². The molecule has 4 nitrogen and oxygen atoms in total. The van der Waals surface area contributed by atoms with Gasteiger partial charge in [-0.15, -0.1) is 5.10 Å². The fourth-order valence-electron chi connectivity index (χ4n) is 1.36. The Bertz CT molecular complexity index is 314. The second-order valence-electron chi connectivity index (χ2n) is 4.15. The lowest BCUT2D eigenvalue weighted by Crippen LogP contribution is -2.22. The van der Waals surface area contributed by atoms with E-state index >= 15 is 0 Å². The molecule has 1 heterocycles. The van der Waals surface area contributed by atoms with Gasteiger partial charge in [-0.3, -0.25) is 0 Å². The van der Waals surface area contributed by atoms with Gasteiger partial charge in [0.05, 0.1) is 5.69 Å². The van der Waals surface area contributed by atoms with Gasteiger partial charge in [-0.05, 0) is 0 Å². The van der Waals surface area contributed by atoms with Gasteiger partial charge in [0.15, 0.2) is 5.82 Å². The molecular weight excluding hydrogens is 190 g/mol. The third-order valence-electron chi connectivity index (χ3n) is 1.78. The molecule has 0 atom stereocenters. The lowest BCUT2D eigenvalue weighted by Gasteiger charge is -2.19. The maximum absolute atomic E-state index is 12.2. The zero-order chi connectivity index (χ0) is 10.9. The summed E-state index contributed by atoms with van der Waals surface area (Å²) in [5, 5.41) is 7.18. The first-order chi connectivity index (χ1) is 6.32. The molecular formula is C8H14F2N4. The Balaban J connectivity index is 3.07. The average Bonchev–Trinajstić information content (AvgIpc) is 2.28. The molecule has 0 saturated heterocycles.